The summed E-state index contributed by atoms with van der Waals surface area (Å²) in [4.78, 5) is 7.43. The topological polar surface area (TPSA) is 66.5 Å². The summed E-state index contributed by atoms with van der Waals surface area (Å²) in [6, 6.07) is 2.00. The van der Waals surface area contributed by atoms with Crippen molar-refractivity contribution in [1.82, 2.24) is 20.2 Å². The number of aromatic nitrogens is 4. The number of nitrogens with zero attached hydrogens (tertiary/aromatic N) is 3. The Hall–Kier alpha value is -1.95. The lowest BCUT2D eigenvalue weighted by Gasteiger charge is -2.06. The van der Waals surface area contributed by atoms with Crippen LogP contribution in [0.4, 0.5) is 5.69 Å². The van der Waals surface area contributed by atoms with Gasteiger partial charge in [-0.3, -0.25) is 0 Å². The largest absolute Gasteiger partial charge is 0.387 e. The standard InChI is InChI=1S/C10H9N5S/c1-11-8-6-2-3-12-9(6)13-4-7(8)10-15-14-5-16-10/h2-5H,1H3,(H2,11,12,13). The van der Waals surface area contributed by atoms with Crippen LogP contribution in [0.25, 0.3) is 21.6 Å². The van der Waals surface area contributed by atoms with Crippen LogP contribution in [0, 0.1) is 0 Å². The molecule has 6 heteroatoms. The molecule has 0 radical (unpaired) electrons. The third-order valence-electron chi connectivity index (χ3n) is 2.43. The van der Waals surface area contributed by atoms with Gasteiger partial charge in [-0.2, -0.15) is 0 Å². The number of rotatable bonds is 2. The Morgan fingerprint density at radius 2 is 2.38 bits per heavy atom. The first kappa shape index (κ1) is 9.29. The maximum atomic E-state index is 4.35. The van der Waals surface area contributed by atoms with Crippen LogP contribution in [-0.4, -0.2) is 27.2 Å². The van der Waals surface area contributed by atoms with E-state index in [-0.39, 0.29) is 0 Å². The third kappa shape index (κ3) is 1.27. The van der Waals surface area contributed by atoms with Gasteiger partial charge in [-0.15, -0.1) is 10.2 Å². The molecule has 0 spiro atoms. The summed E-state index contributed by atoms with van der Waals surface area (Å²) in [5, 5.41) is 13.0. The Balaban J connectivity index is 2.32. The van der Waals surface area contributed by atoms with E-state index in [1.807, 2.05) is 25.5 Å². The van der Waals surface area contributed by atoms with E-state index in [1.165, 1.54) is 11.3 Å². The van der Waals surface area contributed by atoms with Gasteiger partial charge in [0.25, 0.3) is 0 Å². The van der Waals surface area contributed by atoms with E-state index in [0.717, 1.165) is 27.3 Å². The minimum absolute atomic E-state index is 0.873. The molecule has 0 amide bonds. The van der Waals surface area contributed by atoms with Crippen molar-refractivity contribution in [3.05, 3.63) is 24.0 Å². The fourth-order valence-electron chi connectivity index (χ4n) is 1.73. The zero-order valence-corrected chi connectivity index (χ0v) is 9.38. The Kier molecular flexibility index (Phi) is 2.07. The van der Waals surface area contributed by atoms with Crippen molar-refractivity contribution in [3.63, 3.8) is 0 Å². The molecule has 0 fully saturated rings. The van der Waals surface area contributed by atoms with Crippen LogP contribution in [0.15, 0.2) is 24.0 Å². The van der Waals surface area contributed by atoms with Crippen LogP contribution in [0.3, 0.4) is 0 Å². The van der Waals surface area contributed by atoms with Gasteiger partial charge >= 0.3 is 0 Å². The van der Waals surface area contributed by atoms with Crippen molar-refractivity contribution < 1.29 is 0 Å². The van der Waals surface area contributed by atoms with Gasteiger partial charge in [0.1, 0.15) is 11.2 Å². The minimum Gasteiger partial charge on any atom is -0.387 e. The zero-order valence-electron chi connectivity index (χ0n) is 8.56. The van der Waals surface area contributed by atoms with Gasteiger partial charge in [0, 0.05) is 24.8 Å². The summed E-state index contributed by atoms with van der Waals surface area (Å²) >= 11 is 1.50. The second-order valence-electron chi connectivity index (χ2n) is 3.28. The highest BCUT2D eigenvalue weighted by Gasteiger charge is 2.12. The lowest BCUT2D eigenvalue weighted by atomic mass is 10.2. The molecule has 80 valence electrons. The number of H-pyrrole nitrogens is 1. The second kappa shape index (κ2) is 3.57. The number of anilines is 1. The van der Waals surface area contributed by atoms with Crippen molar-refractivity contribution in [2.45, 2.75) is 0 Å². The van der Waals surface area contributed by atoms with Crippen LogP contribution >= 0.6 is 11.3 Å². The number of hydrogen-bond acceptors (Lipinski definition) is 5. The Labute approximate surface area is 95.6 Å². The molecule has 0 atom stereocenters. The van der Waals surface area contributed by atoms with Crippen molar-refractivity contribution in [3.8, 4) is 10.6 Å². The van der Waals surface area contributed by atoms with E-state index in [0.29, 0.717) is 0 Å². The van der Waals surface area contributed by atoms with Crippen molar-refractivity contribution in [2.24, 2.45) is 0 Å². The molecule has 0 aliphatic carbocycles. The highest BCUT2D eigenvalue weighted by Crippen LogP contribution is 2.33. The molecule has 3 aromatic heterocycles. The van der Waals surface area contributed by atoms with E-state index < -0.39 is 0 Å². The highest BCUT2D eigenvalue weighted by atomic mass is 32.1. The molecule has 0 unspecified atom stereocenters. The lowest BCUT2D eigenvalue weighted by Crippen LogP contribution is -1.94. The maximum Gasteiger partial charge on any atom is 0.151 e. The smallest absolute Gasteiger partial charge is 0.151 e. The normalized spacial score (nSPS) is 10.8. The van der Waals surface area contributed by atoms with Gasteiger partial charge in [-0.05, 0) is 6.07 Å². The molecule has 5 nitrogen and oxygen atoms in total. The number of hydrogen-bond donors (Lipinski definition) is 2. The molecular weight excluding hydrogens is 222 g/mol. The molecule has 0 saturated heterocycles. The van der Waals surface area contributed by atoms with E-state index in [1.54, 1.807) is 5.51 Å². The summed E-state index contributed by atoms with van der Waals surface area (Å²) in [5.74, 6) is 0. The Bertz CT molecular complexity index is 613. The molecule has 0 aromatic carbocycles. The monoisotopic (exact) mass is 231 g/mol. The van der Waals surface area contributed by atoms with Crippen LogP contribution in [0.1, 0.15) is 0 Å². The van der Waals surface area contributed by atoms with E-state index in [4.69, 9.17) is 0 Å². The van der Waals surface area contributed by atoms with Crippen LogP contribution in [0.2, 0.25) is 0 Å². The molecule has 16 heavy (non-hydrogen) atoms. The Morgan fingerprint density at radius 1 is 1.44 bits per heavy atom. The highest BCUT2D eigenvalue weighted by molar-refractivity contribution is 7.12. The van der Waals surface area contributed by atoms with Gasteiger partial charge in [-0.25, -0.2) is 4.98 Å². The van der Waals surface area contributed by atoms with Gasteiger partial charge in [0.05, 0.1) is 11.3 Å². The predicted octanol–water partition coefficient (Wildman–Crippen LogP) is 2.12. The SMILES string of the molecule is CNc1c(-c2nncs2)cnc2[nH]ccc12. The number of aromatic amines is 1. The van der Waals surface area contributed by atoms with Crippen LogP contribution in [0.5, 0.6) is 0 Å². The van der Waals surface area contributed by atoms with E-state index in [2.05, 4.69) is 25.5 Å². The average Bonchev–Trinajstić information content (AvgIpc) is 2.97. The molecule has 3 aromatic rings. The van der Waals surface area contributed by atoms with Crippen molar-refractivity contribution in [2.75, 3.05) is 12.4 Å². The number of pyridine rings is 1. The van der Waals surface area contributed by atoms with E-state index in [9.17, 15) is 0 Å². The third-order valence-corrected chi connectivity index (χ3v) is 3.15. The summed E-state index contributed by atoms with van der Waals surface area (Å²) in [5.41, 5.74) is 4.61. The first-order valence-corrected chi connectivity index (χ1v) is 5.68. The van der Waals surface area contributed by atoms with Gasteiger partial charge in [-0.1, -0.05) is 11.3 Å². The summed E-state index contributed by atoms with van der Waals surface area (Å²) in [6.45, 7) is 0. The van der Waals surface area contributed by atoms with Gasteiger partial charge < -0.3 is 10.3 Å². The van der Waals surface area contributed by atoms with Gasteiger partial charge in [0.2, 0.25) is 0 Å². The number of fused-ring (bicyclic) bond motifs is 1. The van der Waals surface area contributed by atoms with Crippen molar-refractivity contribution >= 4 is 28.1 Å². The first-order chi connectivity index (χ1) is 7.90. The van der Waals surface area contributed by atoms with Crippen LogP contribution in [-0.2, 0) is 0 Å². The fourth-order valence-corrected chi connectivity index (χ4v) is 2.30. The molecule has 0 aliphatic heterocycles. The predicted molar refractivity (Wildman–Crippen MR) is 64.5 cm³/mol. The summed E-state index contributed by atoms with van der Waals surface area (Å²) in [7, 11) is 1.90. The second-order valence-corrected chi connectivity index (χ2v) is 4.11. The molecule has 3 heterocycles. The molecular formula is C10H9N5S. The fraction of sp³-hybridized carbons (Fsp3) is 0.100. The van der Waals surface area contributed by atoms with Crippen LogP contribution < -0.4 is 5.32 Å². The molecule has 2 N–H and O–H groups in total. The molecule has 0 bridgehead atoms. The molecule has 0 aliphatic rings. The molecule has 0 saturated carbocycles. The van der Waals surface area contributed by atoms with Crippen molar-refractivity contribution in [1.29, 1.82) is 0 Å². The van der Waals surface area contributed by atoms with Gasteiger partial charge in [0.15, 0.2) is 5.01 Å². The average molecular weight is 231 g/mol. The Morgan fingerprint density at radius 3 is 3.12 bits per heavy atom. The molecule has 3 rings (SSSR count). The summed E-state index contributed by atoms with van der Waals surface area (Å²) < 4.78 is 0. The lowest BCUT2D eigenvalue weighted by molar-refractivity contribution is 1.09. The first-order valence-electron chi connectivity index (χ1n) is 4.80. The minimum atomic E-state index is 0.873. The summed E-state index contributed by atoms with van der Waals surface area (Å²) in [6.07, 6.45) is 3.69. The van der Waals surface area contributed by atoms with E-state index >= 15 is 0 Å². The number of nitrogens with one attached hydrogen (secondary N) is 2. The zero-order chi connectivity index (χ0) is 11.0. The quantitative estimate of drug-likeness (QED) is 0.709. The maximum absolute atomic E-state index is 4.35.